The number of hydrogen-bond acceptors (Lipinski definition) is 4. The van der Waals surface area contributed by atoms with E-state index < -0.39 is 9.84 Å². The number of rotatable bonds is 4. The summed E-state index contributed by atoms with van der Waals surface area (Å²) in [7, 11) is -3.01. The van der Waals surface area contributed by atoms with E-state index in [4.69, 9.17) is 5.73 Å². The molecule has 0 aromatic carbocycles. The molecule has 0 saturated heterocycles. The lowest BCUT2D eigenvalue weighted by atomic mass is 9.84. The van der Waals surface area contributed by atoms with Crippen molar-refractivity contribution in [3.05, 3.63) is 0 Å². The summed E-state index contributed by atoms with van der Waals surface area (Å²) in [6.45, 7) is 0.193. The maximum absolute atomic E-state index is 11.9. The van der Waals surface area contributed by atoms with Gasteiger partial charge in [-0.2, -0.15) is 0 Å². The largest absolute Gasteiger partial charge is 0.355 e. The first-order chi connectivity index (χ1) is 7.88. The Labute approximate surface area is 114 Å². The van der Waals surface area contributed by atoms with E-state index in [2.05, 4.69) is 5.32 Å². The maximum atomic E-state index is 11.9. The average molecular weight is 297 g/mol. The van der Waals surface area contributed by atoms with Crippen molar-refractivity contribution in [3.8, 4) is 0 Å². The van der Waals surface area contributed by atoms with Crippen molar-refractivity contribution in [2.24, 2.45) is 23.5 Å². The summed E-state index contributed by atoms with van der Waals surface area (Å²) in [4.78, 5) is 11.9. The van der Waals surface area contributed by atoms with Crippen molar-refractivity contribution >= 4 is 28.2 Å². The standard InChI is InChI=1S/C11H20N2O3S.ClH/c1-17(15,16)5-4-13-11(14)9-7-2-3-8(6-7)10(9)12;/h7-10H,2-6,12H2,1H3,(H,13,14);1H. The van der Waals surface area contributed by atoms with Crippen LogP contribution in [0.5, 0.6) is 0 Å². The Morgan fingerprint density at radius 3 is 2.44 bits per heavy atom. The number of nitrogens with two attached hydrogens (primary N) is 1. The SMILES string of the molecule is CS(=O)(=O)CCNC(=O)C1C2CCC(C2)C1N.Cl. The third-order valence-corrected chi connectivity index (χ3v) is 5.00. The van der Waals surface area contributed by atoms with E-state index >= 15 is 0 Å². The Morgan fingerprint density at radius 2 is 1.94 bits per heavy atom. The predicted octanol–water partition coefficient (Wildman–Crippen LogP) is -0.0576. The third-order valence-electron chi connectivity index (χ3n) is 4.06. The minimum atomic E-state index is -3.01. The number of amides is 1. The third kappa shape index (κ3) is 3.36. The van der Waals surface area contributed by atoms with E-state index in [1.165, 1.54) is 6.26 Å². The smallest absolute Gasteiger partial charge is 0.224 e. The van der Waals surface area contributed by atoms with Crippen LogP contribution in [0.4, 0.5) is 0 Å². The van der Waals surface area contributed by atoms with Crippen LogP contribution >= 0.6 is 12.4 Å². The molecule has 0 radical (unpaired) electrons. The Morgan fingerprint density at radius 1 is 1.33 bits per heavy atom. The summed E-state index contributed by atoms with van der Waals surface area (Å²) >= 11 is 0. The highest BCUT2D eigenvalue weighted by Crippen LogP contribution is 2.47. The number of halogens is 1. The molecule has 4 atom stereocenters. The molecule has 3 N–H and O–H groups in total. The first-order valence-corrected chi connectivity index (χ1v) is 8.15. The van der Waals surface area contributed by atoms with Gasteiger partial charge in [0.05, 0.1) is 11.7 Å². The zero-order chi connectivity index (χ0) is 12.6. The Balaban J connectivity index is 0.00000162. The fraction of sp³-hybridized carbons (Fsp3) is 0.909. The number of fused-ring (bicyclic) bond motifs is 2. The Bertz CT molecular complexity index is 411. The Kier molecular flexibility index (Phi) is 5.03. The second-order valence-electron chi connectivity index (χ2n) is 5.36. The molecule has 2 fully saturated rings. The summed E-state index contributed by atoms with van der Waals surface area (Å²) in [5, 5.41) is 2.70. The van der Waals surface area contributed by atoms with Gasteiger partial charge in [0.2, 0.25) is 5.91 Å². The van der Waals surface area contributed by atoms with E-state index in [-0.39, 0.29) is 42.6 Å². The van der Waals surface area contributed by atoms with Crippen LogP contribution in [0.15, 0.2) is 0 Å². The first kappa shape index (κ1) is 15.7. The molecule has 7 heteroatoms. The van der Waals surface area contributed by atoms with Crippen LogP contribution in [0, 0.1) is 17.8 Å². The van der Waals surface area contributed by atoms with E-state index in [0.29, 0.717) is 11.8 Å². The van der Waals surface area contributed by atoms with Crippen LogP contribution in [-0.2, 0) is 14.6 Å². The molecule has 5 nitrogen and oxygen atoms in total. The van der Waals surface area contributed by atoms with Gasteiger partial charge in [-0.3, -0.25) is 4.79 Å². The van der Waals surface area contributed by atoms with Crippen molar-refractivity contribution in [1.29, 1.82) is 0 Å². The van der Waals surface area contributed by atoms with Crippen molar-refractivity contribution in [2.45, 2.75) is 25.3 Å². The monoisotopic (exact) mass is 296 g/mol. The van der Waals surface area contributed by atoms with Crippen molar-refractivity contribution < 1.29 is 13.2 Å². The summed E-state index contributed by atoms with van der Waals surface area (Å²) in [5.41, 5.74) is 6.04. The molecule has 4 unspecified atom stereocenters. The van der Waals surface area contributed by atoms with Gasteiger partial charge < -0.3 is 11.1 Å². The fourth-order valence-corrected chi connectivity index (χ4v) is 3.68. The molecule has 18 heavy (non-hydrogen) atoms. The molecule has 0 aliphatic heterocycles. The Hall–Kier alpha value is -0.330. The van der Waals surface area contributed by atoms with Crippen molar-refractivity contribution in [3.63, 3.8) is 0 Å². The minimum absolute atomic E-state index is 0. The van der Waals surface area contributed by atoms with E-state index in [9.17, 15) is 13.2 Å². The number of nitrogens with one attached hydrogen (secondary N) is 1. The maximum Gasteiger partial charge on any atom is 0.224 e. The molecule has 2 aliphatic carbocycles. The molecule has 2 saturated carbocycles. The van der Waals surface area contributed by atoms with Gasteiger partial charge in [-0.25, -0.2) is 8.42 Å². The second-order valence-corrected chi connectivity index (χ2v) is 7.62. The summed E-state index contributed by atoms with van der Waals surface area (Å²) in [6, 6.07) is -0.0352. The lowest BCUT2D eigenvalue weighted by Gasteiger charge is -2.26. The molecule has 2 bridgehead atoms. The van der Waals surface area contributed by atoms with Gasteiger partial charge in [-0.1, -0.05) is 0 Å². The van der Waals surface area contributed by atoms with Crippen LogP contribution < -0.4 is 11.1 Å². The van der Waals surface area contributed by atoms with Gasteiger partial charge in [-0.05, 0) is 31.1 Å². The molecule has 0 spiro atoms. The molecular formula is C11H21ClN2O3S. The fourth-order valence-electron chi connectivity index (χ4n) is 3.20. The molecular weight excluding hydrogens is 276 g/mol. The van der Waals surface area contributed by atoms with E-state index in [0.717, 1.165) is 19.3 Å². The number of carbonyl (C=O) groups excluding carboxylic acids is 1. The van der Waals surface area contributed by atoms with Gasteiger partial charge >= 0.3 is 0 Å². The highest BCUT2D eigenvalue weighted by molar-refractivity contribution is 7.90. The average Bonchev–Trinajstić information content (AvgIpc) is 2.75. The number of hydrogen-bond donors (Lipinski definition) is 2. The predicted molar refractivity (Wildman–Crippen MR) is 72.3 cm³/mol. The molecule has 106 valence electrons. The first-order valence-electron chi connectivity index (χ1n) is 6.09. The van der Waals surface area contributed by atoms with Crippen molar-refractivity contribution in [2.75, 3.05) is 18.6 Å². The van der Waals surface area contributed by atoms with Crippen LogP contribution in [-0.4, -0.2) is 38.9 Å². The van der Waals surface area contributed by atoms with Gasteiger partial charge in [0, 0.05) is 18.8 Å². The molecule has 0 heterocycles. The zero-order valence-electron chi connectivity index (χ0n) is 10.5. The van der Waals surface area contributed by atoms with Crippen LogP contribution in [0.3, 0.4) is 0 Å². The molecule has 0 aromatic rings. The van der Waals surface area contributed by atoms with Gasteiger partial charge in [0.1, 0.15) is 9.84 Å². The molecule has 2 aliphatic rings. The summed E-state index contributed by atoms with van der Waals surface area (Å²) in [5.74, 6) is 0.731. The van der Waals surface area contributed by atoms with Crippen LogP contribution in [0.2, 0.25) is 0 Å². The summed E-state index contributed by atoms with van der Waals surface area (Å²) < 4.78 is 21.9. The minimum Gasteiger partial charge on any atom is -0.355 e. The zero-order valence-corrected chi connectivity index (χ0v) is 12.1. The van der Waals surface area contributed by atoms with Crippen LogP contribution in [0.1, 0.15) is 19.3 Å². The van der Waals surface area contributed by atoms with Gasteiger partial charge in [-0.15, -0.1) is 12.4 Å². The second kappa shape index (κ2) is 5.75. The highest BCUT2D eigenvalue weighted by atomic mass is 35.5. The normalized spacial score (nSPS) is 34.1. The number of carbonyl (C=O) groups is 1. The number of sulfone groups is 1. The molecule has 2 rings (SSSR count). The van der Waals surface area contributed by atoms with E-state index in [1.807, 2.05) is 0 Å². The van der Waals surface area contributed by atoms with Crippen LogP contribution in [0.25, 0.3) is 0 Å². The quantitative estimate of drug-likeness (QED) is 0.761. The van der Waals surface area contributed by atoms with Gasteiger partial charge in [0.25, 0.3) is 0 Å². The van der Waals surface area contributed by atoms with E-state index in [1.54, 1.807) is 0 Å². The lowest BCUT2D eigenvalue weighted by Crippen LogP contribution is -2.46. The summed E-state index contributed by atoms with van der Waals surface area (Å²) in [6.07, 6.45) is 4.45. The lowest BCUT2D eigenvalue weighted by molar-refractivity contribution is -0.126. The molecule has 0 aromatic heterocycles. The van der Waals surface area contributed by atoms with Crippen molar-refractivity contribution in [1.82, 2.24) is 5.32 Å². The highest BCUT2D eigenvalue weighted by Gasteiger charge is 2.48. The molecule has 1 amide bonds. The topological polar surface area (TPSA) is 89.3 Å². The van der Waals surface area contributed by atoms with Gasteiger partial charge in [0.15, 0.2) is 0 Å².